The second kappa shape index (κ2) is 9.37. The summed E-state index contributed by atoms with van der Waals surface area (Å²) in [5.41, 5.74) is 0.826. The topological polar surface area (TPSA) is 52.7 Å². The highest BCUT2D eigenvalue weighted by Crippen LogP contribution is 2.08. The number of nitrogens with zero attached hydrogens (tertiary/aromatic N) is 2. The van der Waals surface area contributed by atoms with Gasteiger partial charge in [-0.05, 0) is 50.6 Å². The molecular weight excluding hydrogens is 309 g/mol. The average molecular weight is 335 g/mol. The zero-order chi connectivity index (χ0) is 17.4. The Hall–Kier alpha value is -1.95. The van der Waals surface area contributed by atoms with E-state index < -0.39 is 0 Å². The van der Waals surface area contributed by atoms with E-state index >= 15 is 0 Å². The van der Waals surface area contributed by atoms with Crippen molar-refractivity contribution in [3.63, 3.8) is 0 Å². The van der Waals surface area contributed by atoms with Crippen molar-refractivity contribution in [3.8, 4) is 0 Å². The molecule has 1 aliphatic rings. The number of benzene rings is 1. The largest absolute Gasteiger partial charge is 0.350 e. The van der Waals surface area contributed by atoms with Crippen LogP contribution in [0.15, 0.2) is 24.3 Å². The molecule has 1 aromatic carbocycles. The highest BCUT2D eigenvalue weighted by Gasteiger charge is 2.19. The summed E-state index contributed by atoms with van der Waals surface area (Å²) in [6.07, 6.45) is 3.50. The lowest BCUT2D eigenvalue weighted by Gasteiger charge is -2.28. The lowest BCUT2D eigenvalue weighted by Crippen LogP contribution is -2.46. The van der Waals surface area contributed by atoms with Gasteiger partial charge in [0.05, 0.1) is 13.1 Å². The summed E-state index contributed by atoms with van der Waals surface area (Å²) in [7, 11) is 0. The number of likely N-dealkylation sites (N-methyl/N-ethyl adjacent to an activating group) is 1. The van der Waals surface area contributed by atoms with Crippen LogP contribution in [-0.2, 0) is 16.1 Å². The first-order chi connectivity index (χ1) is 11.6. The molecule has 5 nitrogen and oxygen atoms in total. The van der Waals surface area contributed by atoms with Gasteiger partial charge in [0.2, 0.25) is 11.8 Å². The Labute approximate surface area is 142 Å². The summed E-state index contributed by atoms with van der Waals surface area (Å²) in [6, 6.07) is 5.99. The highest BCUT2D eigenvalue weighted by atomic mass is 19.1. The average Bonchev–Trinajstić information content (AvgIpc) is 2.60. The third-order valence-electron chi connectivity index (χ3n) is 4.28. The molecule has 1 N–H and O–H groups in total. The molecule has 0 atom stereocenters. The minimum Gasteiger partial charge on any atom is -0.350 e. The fraction of sp³-hybridized carbons (Fsp3) is 0.556. The van der Waals surface area contributed by atoms with Crippen molar-refractivity contribution < 1.29 is 14.0 Å². The van der Waals surface area contributed by atoms with Gasteiger partial charge < -0.3 is 10.2 Å². The van der Waals surface area contributed by atoms with E-state index in [4.69, 9.17) is 0 Å². The van der Waals surface area contributed by atoms with E-state index in [-0.39, 0.29) is 24.2 Å². The van der Waals surface area contributed by atoms with Gasteiger partial charge in [-0.1, -0.05) is 18.6 Å². The first-order valence-electron chi connectivity index (χ1n) is 8.59. The van der Waals surface area contributed by atoms with Crippen LogP contribution in [0.25, 0.3) is 0 Å². The third kappa shape index (κ3) is 5.92. The maximum Gasteiger partial charge on any atom is 0.239 e. The van der Waals surface area contributed by atoms with Crippen LogP contribution in [0.3, 0.4) is 0 Å². The van der Waals surface area contributed by atoms with Crippen molar-refractivity contribution in [2.75, 3.05) is 32.7 Å². The van der Waals surface area contributed by atoms with E-state index in [2.05, 4.69) is 10.2 Å². The number of likely N-dealkylation sites (tertiary alicyclic amines) is 1. The molecule has 0 unspecified atom stereocenters. The van der Waals surface area contributed by atoms with Crippen LogP contribution in [0, 0.1) is 5.82 Å². The molecule has 0 saturated carbocycles. The Kier molecular flexibility index (Phi) is 7.18. The van der Waals surface area contributed by atoms with E-state index in [1.807, 2.05) is 6.92 Å². The predicted octanol–water partition coefficient (Wildman–Crippen LogP) is 1.78. The Morgan fingerprint density at radius 2 is 1.83 bits per heavy atom. The molecule has 2 amide bonds. The van der Waals surface area contributed by atoms with Crippen molar-refractivity contribution in [1.82, 2.24) is 15.1 Å². The molecule has 1 saturated heterocycles. The van der Waals surface area contributed by atoms with Crippen molar-refractivity contribution >= 4 is 11.8 Å². The molecule has 0 aromatic heterocycles. The fourth-order valence-electron chi connectivity index (χ4n) is 2.82. The molecule has 6 heteroatoms. The van der Waals surface area contributed by atoms with E-state index in [9.17, 15) is 14.0 Å². The van der Waals surface area contributed by atoms with Crippen LogP contribution < -0.4 is 5.32 Å². The van der Waals surface area contributed by atoms with Gasteiger partial charge >= 0.3 is 0 Å². The van der Waals surface area contributed by atoms with Gasteiger partial charge in [-0.25, -0.2) is 4.39 Å². The van der Waals surface area contributed by atoms with Crippen LogP contribution in [0.5, 0.6) is 0 Å². The lowest BCUT2D eigenvalue weighted by atomic mass is 10.1. The van der Waals surface area contributed by atoms with Crippen molar-refractivity contribution in [3.05, 3.63) is 35.6 Å². The van der Waals surface area contributed by atoms with Gasteiger partial charge in [-0.2, -0.15) is 0 Å². The number of rotatable bonds is 7. The number of halogens is 1. The third-order valence-corrected chi connectivity index (χ3v) is 4.28. The van der Waals surface area contributed by atoms with Crippen LogP contribution >= 0.6 is 0 Å². The summed E-state index contributed by atoms with van der Waals surface area (Å²) in [5, 5.41) is 2.77. The fourth-order valence-corrected chi connectivity index (χ4v) is 2.82. The molecule has 1 aliphatic heterocycles. The number of hydrogen-bond acceptors (Lipinski definition) is 3. The van der Waals surface area contributed by atoms with E-state index in [1.54, 1.807) is 17.0 Å². The summed E-state index contributed by atoms with van der Waals surface area (Å²) in [4.78, 5) is 28.1. The van der Waals surface area contributed by atoms with Gasteiger partial charge in [-0.15, -0.1) is 0 Å². The molecule has 0 bridgehead atoms. The zero-order valence-electron chi connectivity index (χ0n) is 14.3. The second-order valence-corrected chi connectivity index (χ2v) is 6.15. The number of carbonyl (C=O) groups excluding carboxylic acids is 2. The Morgan fingerprint density at radius 1 is 1.17 bits per heavy atom. The molecule has 0 radical (unpaired) electrons. The Balaban J connectivity index is 1.76. The molecule has 1 heterocycles. The zero-order valence-corrected chi connectivity index (χ0v) is 14.3. The smallest absolute Gasteiger partial charge is 0.239 e. The molecule has 1 aromatic rings. The van der Waals surface area contributed by atoms with Crippen LogP contribution in [0.1, 0.15) is 31.7 Å². The molecule has 132 valence electrons. The summed E-state index contributed by atoms with van der Waals surface area (Å²) in [6.45, 7) is 5.08. The minimum absolute atomic E-state index is 0.00340. The predicted molar refractivity (Wildman–Crippen MR) is 90.8 cm³/mol. The lowest BCUT2D eigenvalue weighted by molar-refractivity contribution is -0.137. The van der Waals surface area contributed by atoms with Gasteiger partial charge in [0.1, 0.15) is 5.82 Å². The van der Waals surface area contributed by atoms with Crippen molar-refractivity contribution in [1.29, 1.82) is 0 Å². The molecular formula is C18H26FN3O2. The van der Waals surface area contributed by atoms with E-state index in [0.717, 1.165) is 31.5 Å². The van der Waals surface area contributed by atoms with Crippen LogP contribution in [0.4, 0.5) is 4.39 Å². The van der Waals surface area contributed by atoms with Crippen LogP contribution in [-0.4, -0.2) is 54.3 Å². The normalized spacial score (nSPS) is 15.1. The maximum absolute atomic E-state index is 12.8. The standard InChI is InChI=1S/C18H26FN3O2/c1-2-22(18(24)14-21-10-4-3-5-11-21)13-17(23)20-12-15-6-8-16(19)9-7-15/h6-9H,2-5,10-14H2,1H3,(H,20,23). The summed E-state index contributed by atoms with van der Waals surface area (Å²) >= 11 is 0. The Bertz CT molecular complexity index is 542. The van der Waals surface area contributed by atoms with Gasteiger partial charge in [0.15, 0.2) is 0 Å². The second-order valence-electron chi connectivity index (χ2n) is 6.15. The monoisotopic (exact) mass is 335 g/mol. The highest BCUT2D eigenvalue weighted by molar-refractivity contribution is 5.85. The van der Waals surface area contributed by atoms with Gasteiger partial charge in [0.25, 0.3) is 0 Å². The van der Waals surface area contributed by atoms with E-state index in [1.165, 1.54) is 18.6 Å². The number of nitrogens with one attached hydrogen (secondary N) is 1. The minimum atomic E-state index is -0.300. The molecule has 0 aliphatic carbocycles. The first kappa shape index (κ1) is 18.4. The quantitative estimate of drug-likeness (QED) is 0.826. The van der Waals surface area contributed by atoms with Gasteiger partial charge in [0, 0.05) is 13.1 Å². The molecule has 1 fully saturated rings. The van der Waals surface area contributed by atoms with E-state index in [0.29, 0.717) is 19.6 Å². The van der Waals surface area contributed by atoms with Crippen molar-refractivity contribution in [2.24, 2.45) is 0 Å². The maximum atomic E-state index is 12.8. The molecule has 24 heavy (non-hydrogen) atoms. The summed E-state index contributed by atoms with van der Waals surface area (Å²) in [5.74, 6) is -0.505. The SMILES string of the molecule is CCN(CC(=O)NCc1ccc(F)cc1)C(=O)CN1CCCCC1. The Morgan fingerprint density at radius 3 is 2.46 bits per heavy atom. The summed E-state index contributed by atoms with van der Waals surface area (Å²) < 4.78 is 12.8. The number of amides is 2. The number of carbonyl (C=O) groups is 2. The number of hydrogen-bond donors (Lipinski definition) is 1. The van der Waals surface area contributed by atoms with Gasteiger partial charge in [-0.3, -0.25) is 14.5 Å². The van der Waals surface area contributed by atoms with Crippen molar-refractivity contribution in [2.45, 2.75) is 32.7 Å². The molecule has 0 spiro atoms. The van der Waals surface area contributed by atoms with Crippen LogP contribution in [0.2, 0.25) is 0 Å². The molecule has 2 rings (SSSR count). The first-order valence-corrected chi connectivity index (χ1v) is 8.59. The number of piperidine rings is 1.